The maximum absolute atomic E-state index is 11.3. The van der Waals surface area contributed by atoms with Crippen LogP contribution < -0.4 is 5.32 Å². The van der Waals surface area contributed by atoms with Crippen LogP contribution in [0, 0.1) is 0 Å². The third-order valence-electron chi connectivity index (χ3n) is 1.51. The Kier molecular flexibility index (Phi) is 3.15. The van der Waals surface area contributed by atoms with E-state index in [1.165, 1.54) is 0 Å². The first kappa shape index (κ1) is 11.7. The van der Waals surface area contributed by atoms with E-state index in [-0.39, 0.29) is 11.6 Å². The summed E-state index contributed by atoms with van der Waals surface area (Å²) >= 11 is 0. The minimum atomic E-state index is -4.39. The molecule has 0 aliphatic rings. The lowest BCUT2D eigenvalue weighted by Crippen LogP contribution is -2.29. The van der Waals surface area contributed by atoms with Gasteiger partial charge in [-0.1, -0.05) is 0 Å². The van der Waals surface area contributed by atoms with E-state index in [9.17, 15) is 13.2 Å². The molecule has 6 nitrogen and oxygen atoms in total. The van der Waals surface area contributed by atoms with Gasteiger partial charge in [0.05, 0.1) is 5.56 Å². The molecule has 1 rings (SSSR count). The first-order valence-corrected chi connectivity index (χ1v) is 5.61. The van der Waals surface area contributed by atoms with Gasteiger partial charge in [0.25, 0.3) is 5.91 Å². The predicted molar refractivity (Wildman–Crippen MR) is 51.1 cm³/mol. The van der Waals surface area contributed by atoms with Crippen LogP contribution >= 0.6 is 0 Å². The fourth-order valence-electron chi connectivity index (χ4n) is 0.916. The van der Waals surface area contributed by atoms with Gasteiger partial charge in [0.2, 0.25) is 5.09 Å². The zero-order valence-corrected chi connectivity index (χ0v) is 9.04. The van der Waals surface area contributed by atoms with Crippen LogP contribution in [-0.2, 0) is 10.1 Å². The number of carbonyl (C=O) groups is 1. The third-order valence-corrected chi connectivity index (χ3v) is 2.23. The van der Waals surface area contributed by atoms with Crippen LogP contribution in [0.15, 0.2) is 21.8 Å². The molecule has 0 aliphatic heterocycles. The number of nitrogens with one attached hydrogen (secondary N) is 1. The van der Waals surface area contributed by atoms with Crippen molar-refractivity contribution >= 4 is 16.0 Å². The summed E-state index contributed by atoms with van der Waals surface area (Å²) in [6, 6.07) is 0.897. The molecule has 1 aromatic heterocycles. The van der Waals surface area contributed by atoms with E-state index < -0.39 is 21.1 Å². The molecule has 15 heavy (non-hydrogen) atoms. The Balaban J connectivity index is 2.90. The predicted octanol–water partition coefficient (Wildman–Crippen LogP) is 0.664. The maximum Gasteiger partial charge on any atom is 0.328 e. The first-order chi connectivity index (χ1) is 6.80. The van der Waals surface area contributed by atoms with Gasteiger partial charge in [-0.2, -0.15) is 8.42 Å². The van der Waals surface area contributed by atoms with E-state index in [1.54, 1.807) is 13.8 Å². The van der Waals surface area contributed by atoms with Crippen molar-refractivity contribution < 1.29 is 22.2 Å². The summed E-state index contributed by atoms with van der Waals surface area (Å²) in [7, 11) is -4.39. The number of amides is 1. The third kappa shape index (κ3) is 3.07. The molecule has 1 aromatic rings. The minimum Gasteiger partial charge on any atom is -0.450 e. The van der Waals surface area contributed by atoms with Crippen LogP contribution in [0.4, 0.5) is 0 Å². The minimum absolute atomic E-state index is 0.0522. The summed E-state index contributed by atoms with van der Waals surface area (Å²) in [4.78, 5) is 11.3. The van der Waals surface area contributed by atoms with Gasteiger partial charge in [-0.25, -0.2) is 0 Å². The Labute approximate surface area is 87.0 Å². The van der Waals surface area contributed by atoms with E-state index >= 15 is 0 Å². The summed E-state index contributed by atoms with van der Waals surface area (Å²) in [6.07, 6.45) is 0.973. The number of hydrogen-bond donors (Lipinski definition) is 2. The second-order valence-electron chi connectivity index (χ2n) is 3.26. The average molecular weight is 233 g/mol. The molecule has 0 unspecified atom stereocenters. The molecule has 0 bridgehead atoms. The van der Waals surface area contributed by atoms with E-state index in [0.717, 1.165) is 12.3 Å². The number of rotatable bonds is 3. The van der Waals surface area contributed by atoms with Gasteiger partial charge in [0.15, 0.2) is 0 Å². The standard InChI is InChI=1S/C8H11NO5S/c1-5(2)9-8(10)6-3-7(14-4-6)15(11,12)13/h3-5H,1-2H3,(H,9,10)(H,11,12,13). The van der Waals surface area contributed by atoms with E-state index in [1.807, 2.05) is 0 Å². The molecule has 1 amide bonds. The second-order valence-corrected chi connectivity index (χ2v) is 4.61. The molecule has 0 aromatic carbocycles. The molecule has 7 heteroatoms. The lowest BCUT2D eigenvalue weighted by Gasteiger charge is -2.05. The Hall–Kier alpha value is -1.34. The van der Waals surface area contributed by atoms with Crippen molar-refractivity contribution in [1.82, 2.24) is 5.32 Å². The van der Waals surface area contributed by atoms with Crippen LogP contribution in [0.3, 0.4) is 0 Å². The first-order valence-electron chi connectivity index (χ1n) is 4.17. The molecular weight excluding hydrogens is 222 g/mol. The molecule has 0 aliphatic carbocycles. The summed E-state index contributed by atoms with van der Waals surface area (Å²) in [5, 5.41) is 1.91. The van der Waals surface area contributed by atoms with Gasteiger partial charge in [-0.3, -0.25) is 9.35 Å². The average Bonchev–Trinajstić information content (AvgIpc) is 2.48. The van der Waals surface area contributed by atoms with Crippen LogP contribution in [-0.4, -0.2) is 24.9 Å². The molecule has 0 fully saturated rings. The van der Waals surface area contributed by atoms with Gasteiger partial charge in [-0.05, 0) is 13.8 Å². The largest absolute Gasteiger partial charge is 0.450 e. The van der Waals surface area contributed by atoms with Crippen molar-refractivity contribution in [3.8, 4) is 0 Å². The Morgan fingerprint density at radius 1 is 1.53 bits per heavy atom. The van der Waals surface area contributed by atoms with E-state index in [0.29, 0.717) is 0 Å². The Morgan fingerprint density at radius 2 is 2.13 bits per heavy atom. The molecule has 0 spiro atoms. The van der Waals surface area contributed by atoms with Gasteiger partial charge in [0.1, 0.15) is 6.26 Å². The summed E-state index contributed by atoms with van der Waals surface area (Å²) in [6.45, 7) is 3.53. The van der Waals surface area contributed by atoms with E-state index in [4.69, 9.17) is 4.55 Å². The second kappa shape index (κ2) is 4.03. The topological polar surface area (TPSA) is 96.6 Å². The van der Waals surface area contributed by atoms with Crippen LogP contribution in [0.25, 0.3) is 0 Å². The zero-order valence-electron chi connectivity index (χ0n) is 8.22. The van der Waals surface area contributed by atoms with Crippen molar-refractivity contribution in [1.29, 1.82) is 0 Å². The van der Waals surface area contributed by atoms with Gasteiger partial charge in [0, 0.05) is 12.1 Å². The van der Waals surface area contributed by atoms with Crippen LogP contribution in [0.2, 0.25) is 0 Å². The molecular formula is C8H11NO5S. The summed E-state index contributed by atoms with van der Waals surface area (Å²) in [5.41, 5.74) is 0.0522. The molecule has 1 heterocycles. The van der Waals surface area contributed by atoms with Gasteiger partial charge >= 0.3 is 10.1 Å². The molecule has 84 valence electrons. The zero-order chi connectivity index (χ0) is 11.6. The fourth-order valence-corrected chi connectivity index (χ4v) is 1.36. The highest BCUT2D eigenvalue weighted by atomic mass is 32.2. The van der Waals surface area contributed by atoms with Crippen molar-refractivity contribution in [2.45, 2.75) is 25.0 Å². The van der Waals surface area contributed by atoms with E-state index in [2.05, 4.69) is 9.73 Å². The van der Waals surface area contributed by atoms with Gasteiger partial charge < -0.3 is 9.73 Å². The Morgan fingerprint density at radius 3 is 2.53 bits per heavy atom. The smallest absolute Gasteiger partial charge is 0.328 e. The highest BCUT2D eigenvalue weighted by Gasteiger charge is 2.18. The normalized spacial score (nSPS) is 11.7. The van der Waals surface area contributed by atoms with Crippen molar-refractivity contribution in [3.05, 3.63) is 17.9 Å². The van der Waals surface area contributed by atoms with Crippen molar-refractivity contribution in [2.24, 2.45) is 0 Å². The van der Waals surface area contributed by atoms with Crippen molar-refractivity contribution in [3.63, 3.8) is 0 Å². The maximum atomic E-state index is 11.3. The SMILES string of the molecule is CC(C)NC(=O)c1coc(S(=O)(=O)O)c1. The summed E-state index contributed by atoms with van der Waals surface area (Å²) < 4.78 is 34.4. The number of carbonyl (C=O) groups excluding carboxylic acids is 1. The molecule has 0 atom stereocenters. The Bertz CT molecular complexity index is 459. The quantitative estimate of drug-likeness (QED) is 0.748. The lowest BCUT2D eigenvalue weighted by molar-refractivity contribution is 0.0942. The molecule has 0 saturated heterocycles. The highest BCUT2D eigenvalue weighted by Crippen LogP contribution is 2.13. The molecule has 0 radical (unpaired) electrons. The highest BCUT2D eigenvalue weighted by molar-refractivity contribution is 7.85. The van der Waals surface area contributed by atoms with Crippen LogP contribution in [0.5, 0.6) is 0 Å². The number of hydrogen-bond acceptors (Lipinski definition) is 4. The lowest BCUT2D eigenvalue weighted by atomic mass is 10.3. The molecule has 0 saturated carbocycles. The fraction of sp³-hybridized carbons (Fsp3) is 0.375. The molecule has 2 N–H and O–H groups in total. The monoisotopic (exact) mass is 233 g/mol. The van der Waals surface area contributed by atoms with Crippen LogP contribution in [0.1, 0.15) is 24.2 Å². The summed E-state index contributed by atoms with van der Waals surface area (Å²) in [5.74, 6) is -0.455. The van der Waals surface area contributed by atoms with Crippen molar-refractivity contribution in [2.75, 3.05) is 0 Å². The van der Waals surface area contributed by atoms with Gasteiger partial charge in [-0.15, -0.1) is 0 Å². The number of furan rings is 1.